The number of benzene rings is 2. The number of rotatable bonds is 8. The molecule has 47 heavy (non-hydrogen) atoms. The molecule has 2 aliphatic rings. The highest BCUT2D eigenvalue weighted by Gasteiger charge is 2.40. The second kappa shape index (κ2) is 12.7. The van der Waals surface area contributed by atoms with Gasteiger partial charge in [0.2, 0.25) is 5.95 Å². The number of carbonyl (C=O) groups excluding carboxylic acids is 1. The first-order valence-corrected chi connectivity index (χ1v) is 14.5. The molecular formula is C31H29F9N6O. The maximum absolute atomic E-state index is 13.7. The molecule has 0 saturated carbocycles. The molecule has 5 rings (SSSR count). The maximum Gasteiger partial charge on any atom is 0.416 e. The van der Waals surface area contributed by atoms with Gasteiger partial charge in [-0.2, -0.15) is 44.6 Å². The van der Waals surface area contributed by atoms with E-state index in [4.69, 9.17) is 0 Å². The molecule has 1 fully saturated rings. The topological polar surface area (TPSA) is 64.9 Å². The Bertz CT molecular complexity index is 1590. The number of aldehydes is 1. The number of hydrazone groups is 1. The highest BCUT2D eigenvalue weighted by atomic mass is 19.4. The molecule has 0 radical (unpaired) electrons. The monoisotopic (exact) mass is 672 g/mol. The third-order valence-electron chi connectivity index (χ3n) is 8.34. The molecule has 0 spiro atoms. The van der Waals surface area contributed by atoms with Crippen molar-refractivity contribution in [2.24, 2.45) is 5.10 Å². The summed E-state index contributed by atoms with van der Waals surface area (Å²) in [6.07, 6.45) is -8.98. The van der Waals surface area contributed by atoms with Crippen LogP contribution in [0.5, 0.6) is 0 Å². The van der Waals surface area contributed by atoms with Crippen LogP contribution in [-0.2, 0) is 25.1 Å². The number of hydrogen-bond donors (Lipinski definition) is 0. The van der Waals surface area contributed by atoms with Gasteiger partial charge in [-0.25, -0.2) is 9.97 Å². The molecule has 3 atom stereocenters. The molecule has 16 heteroatoms. The van der Waals surface area contributed by atoms with Gasteiger partial charge in [0.15, 0.2) is 6.29 Å². The molecule has 3 aromatic rings. The number of halogens is 9. The van der Waals surface area contributed by atoms with Gasteiger partial charge in [0.1, 0.15) is 0 Å². The Kier molecular flexibility index (Phi) is 9.16. The number of carbonyl (C=O) groups is 1. The minimum atomic E-state index is -5.06. The summed E-state index contributed by atoms with van der Waals surface area (Å²) in [6, 6.07) is 3.17. The third kappa shape index (κ3) is 7.46. The van der Waals surface area contributed by atoms with Crippen LogP contribution >= 0.6 is 0 Å². The van der Waals surface area contributed by atoms with Gasteiger partial charge < -0.3 is 9.80 Å². The van der Waals surface area contributed by atoms with Gasteiger partial charge in [0.05, 0.1) is 22.7 Å². The lowest BCUT2D eigenvalue weighted by Gasteiger charge is -2.31. The average Bonchev–Trinajstić information content (AvgIpc) is 3.64. The zero-order valence-corrected chi connectivity index (χ0v) is 25.0. The van der Waals surface area contributed by atoms with Crippen LogP contribution in [0.15, 0.2) is 53.9 Å². The Balaban J connectivity index is 1.55. The van der Waals surface area contributed by atoms with Gasteiger partial charge in [-0.05, 0) is 60.4 Å². The minimum absolute atomic E-state index is 0.0349. The zero-order chi connectivity index (χ0) is 34.3. The van der Waals surface area contributed by atoms with Crippen LogP contribution in [0.3, 0.4) is 0 Å². The number of alkyl halides is 9. The Labute approximate surface area is 263 Å². The molecule has 0 amide bonds. The number of nitrogens with zero attached hydrogens (tertiary/aromatic N) is 6. The molecule has 252 valence electrons. The van der Waals surface area contributed by atoms with Crippen LogP contribution in [0, 0.1) is 0 Å². The summed E-state index contributed by atoms with van der Waals surface area (Å²) in [5.41, 5.74) is -3.53. The Morgan fingerprint density at radius 1 is 0.872 bits per heavy atom. The fourth-order valence-corrected chi connectivity index (χ4v) is 5.99. The Morgan fingerprint density at radius 3 is 2.00 bits per heavy atom. The van der Waals surface area contributed by atoms with Crippen LogP contribution < -0.4 is 9.80 Å². The lowest BCUT2D eigenvalue weighted by molar-refractivity contribution is -0.143. The van der Waals surface area contributed by atoms with Crippen LogP contribution in [0.25, 0.3) is 0 Å². The number of likely N-dealkylation sites (N-methyl/N-ethyl adjacent to an activating group) is 1. The molecule has 0 aliphatic carbocycles. The smallest absolute Gasteiger partial charge is 0.366 e. The minimum Gasteiger partial charge on any atom is -0.366 e. The van der Waals surface area contributed by atoms with E-state index in [2.05, 4.69) is 15.1 Å². The predicted molar refractivity (Wildman–Crippen MR) is 155 cm³/mol. The standard InChI is InChI=1S/C31H29F9N6O/c1-3-25-10-26(16-45(25)27-5-4-22(29(32,33)34)8-19(27)17-47)46(28-41-11-20(12-42-28)21-13-43-44(2)15-21)14-18-6-23(30(35,36)37)9-24(7-18)31(38,39)40/h4-9,11-13,17,21,25-26H,3,10,14-16H2,1-2H3/t21?,25-,26+/m1/s1. The average molecular weight is 673 g/mol. The number of hydrogen-bond acceptors (Lipinski definition) is 7. The second-order valence-corrected chi connectivity index (χ2v) is 11.6. The van der Waals surface area contributed by atoms with Crippen LogP contribution in [0.4, 0.5) is 51.1 Å². The lowest BCUT2D eigenvalue weighted by atomic mass is 10.0. The van der Waals surface area contributed by atoms with Crippen molar-refractivity contribution in [2.45, 2.75) is 62.8 Å². The summed E-state index contributed by atoms with van der Waals surface area (Å²) in [7, 11) is 1.78. The SMILES string of the molecule is CC[C@@H]1C[C@H](N(Cc2cc(C(F)(F)F)cc(C(F)(F)F)c2)c2ncc(C3C=NN(C)C3)cn2)CN1c1ccc(C(F)(F)F)cc1C=O. The van der Waals surface area contributed by atoms with E-state index in [0.717, 1.165) is 12.1 Å². The van der Waals surface area contributed by atoms with Gasteiger partial charge in [-0.3, -0.25) is 9.80 Å². The summed E-state index contributed by atoms with van der Waals surface area (Å²) >= 11 is 0. The van der Waals surface area contributed by atoms with E-state index in [1.807, 2.05) is 6.92 Å². The van der Waals surface area contributed by atoms with Crippen molar-refractivity contribution in [3.8, 4) is 0 Å². The Morgan fingerprint density at radius 2 is 1.49 bits per heavy atom. The first-order valence-electron chi connectivity index (χ1n) is 14.5. The van der Waals surface area contributed by atoms with Gasteiger partial charge >= 0.3 is 18.5 Å². The highest BCUT2D eigenvalue weighted by molar-refractivity contribution is 5.85. The van der Waals surface area contributed by atoms with E-state index in [9.17, 15) is 44.3 Å². The number of anilines is 2. The summed E-state index contributed by atoms with van der Waals surface area (Å²) in [5, 5.41) is 5.89. The van der Waals surface area contributed by atoms with Crippen LogP contribution in [0.1, 0.15) is 63.9 Å². The molecule has 3 heterocycles. The van der Waals surface area contributed by atoms with Crippen molar-refractivity contribution >= 4 is 24.1 Å². The quantitative estimate of drug-likeness (QED) is 0.183. The first kappa shape index (κ1) is 34.0. The molecule has 1 aromatic heterocycles. The molecule has 0 bridgehead atoms. The summed E-state index contributed by atoms with van der Waals surface area (Å²) in [5.74, 6) is -0.0964. The van der Waals surface area contributed by atoms with Crippen molar-refractivity contribution in [3.63, 3.8) is 0 Å². The van der Waals surface area contributed by atoms with Gasteiger partial charge in [-0.1, -0.05) is 6.92 Å². The third-order valence-corrected chi connectivity index (χ3v) is 8.34. The summed E-state index contributed by atoms with van der Waals surface area (Å²) in [4.78, 5) is 24.0. The molecule has 7 nitrogen and oxygen atoms in total. The fourth-order valence-electron chi connectivity index (χ4n) is 5.99. The predicted octanol–water partition coefficient (Wildman–Crippen LogP) is 7.42. The highest BCUT2D eigenvalue weighted by Crippen LogP contribution is 2.39. The lowest BCUT2D eigenvalue weighted by Crippen LogP contribution is -2.39. The van der Waals surface area contributed by atoms with E-state index in [1.165, 1.54) is 23.4 Å². The van der Waals surface area contributed by atoms with E-state index >= 15 is 0 Å². The number of aromatic nitrogens is 2. The van der Waals surface area contributed by atoms with Crippen molar-refractivity contribution < 1.29 is 44.3 Å². The molecule has 1 saturated heterocycles. The normalized spacial score (nSPS) is 20.3. The van der Waals surface area contributed by atoms with E-state index in [0.29, 0.717) is 43.4 Å². The van der Waals surface area contributed by atoms with E-state index in [-0.39, 0.29) is 47.3 Å². The molecular weight excluding hydrogens is 643 g/mol. The van der Waals surface area contributed by atoms with Gasteiger partial charge in [0, 0.05) is 68.5 Å². The molecule has 2 aromatic carbocycles. The van der Waals surface area contributed by atoms with Crippen molar-refractivity contribution in [1.29, 1.82) is 0 Å². The van der Waals surface area contributed by atoms with Crippen LogP contribution in [0.2, 0.25) is 0 Å². The van der Waals surface area contributed by atoms with Crippen molar-refractivity contribution in [2.75, 3.05) is 29.9 Å². The summed E-state index contributed by atoms with van der Waals surface area (Å²) < 4.78 is 122. The van der Waals surface area contributed by atoms with Crippen molar-refractivity contribution in [1.82, 2.24) is 15.0 Å². The van der Waals surface area contributed by atoms with Crippen molar-refractivity contribution in [3.05, 3.63) is 82.2 Å². The van der Waals surface area contributed by atoms with E-state index < -0.39 is 47.8 Å². The largest absolute Gasteiger partial charge is 0.416 e. The Hall–Kier alpha value is -4.37. The van der Waals surface area contributed by atoms with E-state index in [1.54, 1.807) is 23.2 Å². The second-order valence-electron chi connectivity index (χ2n) is 11.6. The first-order chi connectivity index (χ1) is 22.0. The zero-order valence-electron chi connectivity index (χ0n) is 25.0. The summed E-state index contributed by atoms with van der Waals surface area (Å²) in [6.45, 7) is 2.01. The maximum atomic E-state index is 13.7. The molecule has 0 N–H and O–H groups in total. The van der Waals surface area contributed by atoms with Gasteiger partial charge in [-0.15, -0.1) is 0 Å². The fraction of sp³-hybridized carbons (Fsp3) is 0.419. The van der Waals surface area contributed by atoms with Gasteiger partial charge in [0.25, 0.3) is 0 Å². The molecule has 2 aliphatic heterocycles. The molecule has 1 unspecified atom stereocenters. The van der Waals surface area contributed by atoms with Crippen LogP contribution in [-0.4, -0.2) is 59.7 Å².